The molecule has 130 valence electrons. The Bertz CT molecular complexity index is 1030. The Balaban J connectivity index is 1.73. The number of nitrogens with one attached hydrogen (secondary N) is 2. The van der Waals surface area contributed by atoms with E-state index in [2.05, 4.69) is 10.9 Å². The summed E-state index contributed by atoms with van der Waals surface area (Å²) in [5, 5.41) is 12.9. The van der Waals surface area contributed by atoms with Gasteiger partial charge in [-0.1, -0.05) is 36.4 Å². The van der Waals surface area contributed by atoms with Crippen molar-refractivity contribution in [1.29, 1.82) is 0 Å². The molecule has 2 amide bonds. The Morgan fingerprint density at radius 3 is 2.31 bits per heavy atom. The van der Waals surface area contributed by atoms with Crippen molar-refractivity contribution in [2.45, 2.75) is 6.92 Å². The Morgan fingerprint density at radius 2 is 1.58 bits per heavy atom. The van der Waals surface area contributed by atoms with Crippen molar-refractivity contribution in [3.05, 3.63) is 87.5 Å². The van der Waals surface area contributed by atoms with E-state index in [1.54, 1.807) is 12.1 Å². The van der Waals surface area contributed by atoms with Gasteiger partial charge in [-0.2, -0.15) is 0 Å². The summed E-state index contributed by atoms with van der Waals surface area (Å²) in [6.07, 6.45) is 0. The maximum atomic E-state index is 12.3. The molecule has 3 rings (SSSR count). The predicted octanol–water partition coefficient (Wildman–Crippen LogP) is 3.13. The first-order valence-corrected chi connectivity index (χ1v) is 7.81. The molecule has 0 aromatic heterocycles. The summed E-state index contributed by atoms with van der Waals surface area (Å²) < 4.78 is 0. The van der Waals surface area contributed by atoms with Crippen LogP contribution in [0.3, 0.4) is 0 Å². The average Bonchev–Trinajstić information content (AvgIpc) is 2.65. The Labute approximate surface area is 148 Å². The molecule has 26 heavy (non-hydrogen) atoms. The molecule has 7 nitrogen and oxygen atoms in total. The third-order valence-electron chi connectivity index (χ3n) is 4.05. The molecule has 3 aromatic carbocycles. The number of nitrogens with zero attached hydrogens (tertiary/aromatic N) is 1. The molecule has 0 aliphatic heterocycles. The van der Waals surface area contributed by atoms with Gasteiger partial charge in [-0.3, -0.25) is 30.6 Å². The summed E-state index contributed by atoms with van der Waals surface area (Å²) in [6, 6.07) is 17.0. The van der Waals surface area contributed by atoms with Crippen LogP contribution in [-0.2, 0) is 0 Å². The number of fused-ring (bicyclic) bond motifs is 1. The molecule has 2 N–H and O–H groups in total. The fourth-order valence-corrected chi connectivity index (χ4v) is 2.65. The number of amides is 2. The van der Waals surface area contributed by atoms with E-state index in [1.165, 1.54) is 25.1 Å². The molecule has 0 radical (unpaired) electrons. The Kier molecular flexibility index (Phi) is 4.62. The zero-order chi connectivity index (χ0) is 18.7. The first-order valence-electron chi connectivity index (χ1n) is 7.81. The van der Waals surface area contributed by atoms with E-state index in [4.69, 9.17) is 0 Å². The summed E-state index contributed by atoms with van der Waals surface area (Å²) in [4.78, 5) is 34.9. The maximum Gasteiger partial charge on any atom is 0.273 e. The van der Waals surface area contributed by atoms with Crippen molar-refractivity contribution in [2.24, 2.45) is 0 Å². The van der Waals surface area contributed by atoms with Gasteiger partial charge in [0.1, 0.15) is 0 Å². The van der Waals surface area contributed by atoms with Crippen LogP contribution in [0.2, 0.25) is 0 Å². The van der Waals surface area contributed by atoms with E-state index >= 15 is 0 Å². The lowest BCUT2D eigenvalue weighted by Crippen LogP contribution is -2.41. The molecule has 0 unspecified atom stereocenters. The fourth-order valence-electron chi connectivity index (χ4n) is 2.65. The second-order valence-corrected chi connectivity index (χ2v) is 5.68. The summed E-state index contributed by atoms with van der Waals surface area (Å²) in [5.74, 6) is -1.10. The predicted molar refractivity (Wildman–Crippen MR) is 96.7 cm³/mol. The van der Waals surface area contributed by atoms with Crippen molar-refractivity contribution in [2.75, 3.05) is 0 Å². The zero-order valence-corrected chi connectivity index (χ0v) is 13.9. The van der Waals surface area contributed by atoms with Crippen molar-refractivity contribution >= 4 is 28.3 Å². The molecule has 0 saturated heterocycles. The van der Waals surface area contributed by atoms with E-state index in [1.807, 2.05) is 30.3 Å². The lowest BCUT2D eigenvalue weighted by molar-refractivity contribution is -0.385. The van der Waals surface area contributed by atoms with Crippen molar-refractivity contribution < 1.29 is 14.5 Å². The third kappa shape index (κ3) is 3.36. The van der Waals surface area contributed by atoms with E-state index in [-0.39, 0.29) is 16.8 Å². The molecule has 0 fully saturated rings. The van der Waals surface area contributed by atoms with Crippen LogP contribution in [-0.4, -0.2) is 16.7 Å². The third-order valence-corrected chi connectivity index (χ3v) is 4.05. The lowest BCUT2D eigenvalue weighted by Gasteiger charge is -2.10. The van der Waals surface area contributed by atoms with Gasteiger partial charge in [0, 0.05) is 17.2 Å². The van der Waals surface area contributed by atoms with Crippen LogP contribution in [0.4, 0.5) is 5.69 Å². The number of nitro groups is 1. The summed E-state index contributed by atoms with van der Waals surface area (Å²) >= 11 is 0. The van der Waals surface area contributed by atoms with Crippen molar-refractivity contribution in [3.8, 4) is 0 Å². The Morgan fingerprint density at radius 1 is 0.885 bits per heavy atom. The second kappa shape index (κ2) is 7.02. The molecule has 7 heteroatoms. The monoisotopic (exact) mass is 349 g/mol. The molecule has 0 saturated carbocycles. The number of carbonyl (C=O) groups excluding carboxylic acids is 2. The van der Waals surface area contributed by atoms with Crippen molar-refractivity contribution in [1.82, 2.24) is 10.9 Å². The highest BCUT2D eigenvalue weighted by Crippen LogP contribution is 2.21. The standard InChI is InChI=1S/C19H15N3O4/c1-12-16(7-4-8-17(12)22(25)26)19(24)21-20-18(23)15-10-9-13-5-2-3-6-14(13)11-15/h2-11H,1H3,(H,20,23)(H,21,24). The fraction of sp³-hybridized carbons (Fsp3) is 0.0526. The largest absolute Gasteiger partial charge is 0.273 e. The second-order valence-electron chi connectivity index (χ2n) is 5.68. The molecular formula is C19H15N3O4. The smallest absolute Gasteiger partial charge is 0.267 e. The van der Waals surface area contributed by atoms with Crippen LogP contribution in [0.25, 0.3) is 10.8 Å². The highest BCUT2D eigenvalue weighted by molar-refractivity contribution is 6.02. The van der Waals surface area contributed by atoms with Gasteiger partial charge < -0.3 is 0 Å². The van der Waals surface area contributed by atoms with Crippen LogP contribution in [0, 0.1) is 17.0 Å². The molecule has 0 atom stereocenters. The van der Waals surface area contributed by atoms with E-state index in [0.717, 1.165) is 10.8 Å². The first kappa shape index (κ1) is 17.1. The molecule has 0 bridgehead atoms. The highest BCUT2D eigenvalue weighted by Gasteiger charge is 2.18. The molecule has 0 aliphatic carbocycles. The normalized spacial score (nSPS) is 10.3. The van der Waals surface area contributed by atoms with Gasteiger partial charge in [-0.15, -0.1) is 0 Å². The van der Waals surface area contributed by atoms with Crippen molar-refractivity contribution in [3.63, 3.8) is 0 Å². The Hall–Kier alpha value is -3.74. The van der Waals surface area contributed by atoms with Crippen LogP contribution < -0.4 is 10.9 Å². The van der Waals surface area contributed by atoms with Crippen LogP contribution in [0.1, 0.15) is 26.3 Å². The maximum absolute atomic E-state index is 12.3. The molecule has 0 spiro atoms. The van der Waals surface area contributed by atoms with Crippen LogP contribution in [0.15, 0.2) is 60.7 Å². The topological polar surface area (TPSA) is 101 Å². The van der Waals surface area contributed by atoms with Crippen LogP contribution in [0.5, 0.6) is 0 Å². The number of hydrogen-bond donors (Lipinski definition) is 2. The number of nitro benzene ring substituents is 1. The quantitative estimate of drug-likeness (QED) is 0.560. The number of carbonyl (C=O) groups is 2. The minimum absolute atomic E-state index is 0.123. The minimum atomic E-state index is -0.625. The number of benzene rings is 3. The molecular weight excluding hydrogens is 334 g/mol. The van der Waals surface area contributed by atoms with Gasteiger partial charge in [-0.25, -0.2) is 0 Å². The lowest BCUT2D eigenvalue weighted by atomic mass is 10.1. The van der Waals surface area contributed by atoms with E-state index in [9.17, 15) is 19.7 Å². The number of hydrogen-bond acceptors (Lipinski definition) is 4. The zero-order valence-electron chi connectivity index (χ0n) is 13.9. The summed E-state index contributed by atoms with van der Waals surface area (Å²) in [6.45, 7) is 1.48. The van der Waals surface area contributed by atoms with Gasteiger partial charge in [-0.05, 0) is 35.9 Å². The summed E-state index contributed by atoms with van der Waals surface area (Å²) in [7, 11) is 0. The number of hydrazine groups is 1. The first-order chi connectivity index (χ1) is 12.5. The van der Waals surface area contributed by atoms with Crippen LogP contribution >= 0.6 is 0 Å². The van der Waals surface area contributed by atoms with Gasteiger partial charge in [0.05, 0.1) is 10.5 Å². The summed E-state index contributed by atoms with van der Waals surface area (Å²) in [5.41, 5.74) is 5.21. The van der Waals surface area contributed by atoms with E-state index in [0.29, 0.717) is 5.56 Å². The highest BCUT2D eigenvalue weighted by atomic mass is 16.6. The van der Waals surface area contributed by atoms with Gasteiger partial charge in [0.25, 0.3) is 17.5 Å². The van der Waals surface area contributed by atoms with Gasteiger partial charge in [0.2, 0.25) is 0 Å². The molecule has 3 aromatic rings. The molecule has 0 aliphatic rings. The number of rotatable bonds is 3. The molecule has 0 heterocycles. The SMILES string of the molecule is Cc1c(C(=O)NNC(=O)c2ccc3ccccc3c2)cccc1[N+](=O)[O-]. The van der Waals surface area contributed by atoms with Gasteiger partial charge >= 0.3 is 0 Å². The van der Waals surface area contributed by atoms with Gasteiger partial charge in [0.15, 0.2) is 0 Å². The minimum Gasteiger partial charge on any atom is -0.267 e. The average molecular weight is 349 g/mol. The van der Waals surface area contributed by atoms with E-state index < -0.39 is 16.7 Å².